The highest BCUT2D eigenvalue weighted by atomic mass is 35.5. The second kappa shape index (κ2) is 6.72. The lowest BCUT2D eigenvalue weighted by Gasteiger charge is -2.31. The highest BCUT2D eigenvalue weighted by Gasteiger charge is 2.24. The average Bonchev–Trinajstić information content (AvgIpc) is 3.06. The SMILES string of the molecule is CC1CCCN(C(=O)c2cc(-c3cnn(C)c3)nc3cc(Cl)ccc23)C1. The van der Waals surface area contributed by atoms with E-state index < -0.39 is 0 Å². The summed E-state index contributed by atoms with van der Waals surface area (Å²) in [6.07, 6.45) is 5.89. The molecule has 1 saturated heterocycles. The number of hydrogen-bond donors (Lipinski definition) is 0. The van der Waals surface area contributed by atoms with Crippen LogP contribution >= 0.6 is 11.6 Å². The molecule has 26 heavy (non-hydrogen) atoms. The molecule has 3 aromatic rings. The first kappa shape index (κ1) is 17.0. The molecular weight excluding hydrogens is 348 g/mol. The van der Waals surface area contributed by atoms with E-state index in [2.05, 4.69) is 12.0 Å². The number of rotatable bonds is 2. The van der Waals surface area contributed by atoms with Gasteiger partial charge in [0.2, 0.25) is 0 Å². The third-order valence-corrected chi connectivity index (χ3v) is 5.18. The lowest BCUT2D eigenvalue weighted by atomic mass is 9.98. The lowest BCUT2D eigenvalue weighted by molar-refractivity contribution is 0.0685. The molecule has 3 heterocycles. The number of carbonyl (C=O) groups excluding carboxylic acids is 1. The number of benzene rings is 1. The Balaban J connectivity index is 1.85. The Labute approximate surface area is 157 Å². The van der Waals surface area contributed by atoms with E-state index in [-0.39, 0.29) is 5.91 Å². The summed E-state index contributed by atoms with van der Waals surface area (Å²) in [5.74, 6) is 0.601. The number of aryl methyl sites for hydroxylation is 1. The number of carbonyl (C=O) groups is 1. The maximum absolute atomic E-state index is 13.3. The van der Waals surface area contributed by atoms with Crippen molar-refractivity contribution in [3.05, 3.63) is 47.2 Å². The van der Waals surface area contributed by atoms with E-state index in [0.717, 1.165) is 41.7 Å². The second-order valence-corrected chi connectivity index (χ2v) is 7.55. The van der Waals surface area contributed by atoms with Crippen LogP contribution in [-0.2, 0) is 7.05 Å². The molecule has 134 valence electrons. The fourth-order valence-electron chi connectivity index (χ4n) is 3.62. The van der Waals surface area contributed by atoms with E-state index in [1.807, 2.05) is 42.4 Å². The maximum Gasteiger partial charge on any atom is 0.254 e. The lowest BCUT2D eigenvalue weighted by Crippen LogP contribution is -2.39. The van der Waals surface area contributed by atoms with Crippen molar-refractivity contribution < 1.29 is 4.79 Å². The van der Waals surface area contributed by atoms with Crippen LogP contribution in [0.3, 0.4) is 0 Å². The van der Waals surface area contributed by atoms with Crippen molar-refractivity contribution >= 4 is 28.4 Å². The van der Waals surface area contributed by atoms with Crippen LogP contribution in [0.2, 0.25) is 5.02 Å². The molecule has 1 amide bonds. The van der Waals surface area contributed by atoms with Gasteiger partial charge >= 0.3 is 0 Å². The summed E-state index contributed by atoms with van der Waals surface area (Å²) in [6, 6.07) is 7.39. The van der Waals surface area contributed by atoms with Crippen LogP contribution in [0.15, 0.2) is 36.7 Å². The van der Waals surface area contributed by atoms with Gasteiger partial charge in [0, 0.05) is 42.3 Å². The molecular formula is C20H21ClN4O. The van der Waals surface area contributed by atoms with Crippen LogP contribution in [0.4, 0.5) is 0 Å². The summed E-state index contributed by atoms with van der Waals surface area (Å²) < 4.78 is 1.73. The molecule has 5 nitrogen and oxygen atoms in total. The van der Waals surface area contributed by atoms with Crippen molar-refractivity contribution in [1.82, 2.24) is 19.7 Å². The number of likely N-dealkylation sites (tertiary alicyclic amines) is 1. The minimum Gasteiger partial charge on any atom is -0.338 e. The minimum atomic E-state index is 0.0661. The van der Waals surface area contributed by atoms with Crippen molar-refractivity contribution in [3.8, 4) is 11.3 Å². The Morgan fingerprint density at radius 3 is 2.88 bits per heavy atom. The molecule has 1 aliphatic heterocycles. The summed E-state index contributed by atoms with van der Waals surface area (Å²) in [7, 11) is 1.86. The van der Waals surface area contributed by atoms with Gasteiger partial charge in [-0.3, -0.25) is 9.48 Å². The first-order chi connectivity index (χ1) is 12.5. The predicted octanol–water partition coefficient (Wildman–Crippen LogP) is 4.16. The standard InChI is InChI=1S/C20H21ClN4O/c1-13-4-3-7-25(11-13)20(26)17-9-18(14-10-22-24(2)12-14)23-19-8-15(21)5-6-16(17)19/h5-6,8-10,12-13H,3-4,7,11H2,1-2H3. The molecule has 1 fully saturated rings. The number of amides is 1. The van der Waals surface area contributed by atoms with E-state index in [4.69, 9.17) is 16.6 Å². The fraction of sp³-hybridized carbons (Fsp3) is 0.350. The first-order valence-electron chi connectivity index (χ1n) is 8.90. The molecule has 0 bridgehead atoms. The van der Waals surface area contributed by atoms with Crippen LogP contribution in [0.25, 0.3) is 22.2 Å². The Bertz CT molecular complexity index is 981. The van der Waals surface area contributed by atoms with Gasteiger partial charge in [0.25, 0.3) is 5.91 Å². The fourth-order valence-corrected chi connectivity index (χ4v) is 3.79. The Hall–Kier alpha value is -2.40. The number of aromatic nitrogens is 3. The van der Waals surface area contributed by atoms with E-state index >= 15 is 0 Å². The zero-order chi connectivity index (χ0) is 18.3. The van der Waals surface area contributed by atoms with Crippen molar-refractivity contribution in [3.63, 3.8) is 0 Å². The quantitative estimate of drug-likeness (QED) is 0.682. The maximum atomic E-state index is 13.3. The third-order valence-electron chi connectivity index (χ3n) is 4.95. The molecule has 0 N–H and O–H groups in total. The van der Waals surface area contributed by atoms with Crippen LogP contribution in [-0.4, -0.2) is 38.7 Å². The zero-order valence-corrected chi connectivity index (χ0v) is 15.7. The van der Waals surface area contributed by atoms with Gasteiger partial charge < -0.3 is 4.90 Å². The van der Waals surface area contributed by atoms with Gasteiger partial charge in [0.15, 0.2) is 0 Å². The summed E-state index contributed by atoms with van der Waals surface area (Å²) in [4.78, 5) is 20.0. The molecule has 0 radical (unpaired) electrons. The zero-order valence-electron chi connectivity index (χ0n) is 14.9. The first-order valence-corrected chi connectivity index (χ1v) is 9.27. The monoisotopic (exact) mass is 368 g/mol. The van der Waals surface area contributed by atoms with Crippen molar-refractivity contribution in [1.29, 1.82) is 0 Å². The molecule has 1 aromatic carbocycles. The van der Waals surface area contributed by atoms with Crippen molar-refractivity contribution in [2.24, 2.45) is 13.0 Å². The molecule has 0 spiro atoms. The number of nitrogens with zero attached hydrogens (tertiary/aromatic N) is 4. The molecule has 6 heteroatoms. The van der Waals surface area contributed by atoms with E-state index in [1.165, 1.54) is 6.42 Å². The number of hydrogen-bond acceptors (Lipinski definition) is 3. The normalized spacial score (nSPS) is 17.7. The van der Waals surface area contributed by atoms with Gasteiger partial charge in [-0.2, -0.15) is 5.10 Å². The van der Waals surface area contributed by atoms with Crippen LogP contribution in [0, 0.1) is 5.92 Å². The average molecular weight is 369 g/mol. The van der Waals surface area contributed by atoms with E-state index in [9.17, 15) is 4.79 Å². The van der Waals surface area contributed by atoms with Crippen molar-refractivity contribution in [2.75, 3.05) is 13.1 Å². The summed E-state index contributed by atoms with van der Waals surface area (Å²) in [5, 5.41) is 5.67. The predicted molar refractivity (Wildman–Crippen MR) is 103 cm³/mol. The summed E-state index contributed by atoms with van der Waals surface area (Å²) in [5.41, 5.74) is 3.03. The highest BCUT2D eigenvalue weighted by Crippen LogP contribution is 2.28. The second-order valence-electron chi connectivity index (χ2n) is 7.12. The van der Waals surface area contributed by atoms with Crippen LogP contribution in [0.5, 0.6) is 0 Å². The Morgan fingerprint density at radius 2 is 2.15 bits per heavy atom. The Kier molecular flexibility index (Phi) is 4.41. The minimum absolute atomic E-state index is 0.0661. The molecule has 4 rings (SSSR count). The van der Waals surface area contributed by atoms with Gasteiger partial charge in [0.05, 0.1) is 23.0 Å². The molecule has 1 atom stereocenters. The third kappa shape index (κ3) is 3.19. The van der Waals surface area contributed by atoms with Gasteiger partial charge in [-0.05, 0) is 37.0 Å². The van der Waals surface area contributed by atoms with Gasteiger partial charge in [-0.25, -0.2) is 4.98 Å². The Morgan fingerprint density at radius 1 is 1.31 bits per heavy atom. The topological polar surface area (TPSA) is 51.0 Å². The summed E-state index contributed by atoms with van der Waals surface area (Å²) in [6.45, 7) is 3.81. The molecule has 2 aromatic heterocycles. The smallest absolute Gasteiger partial charge is 0.254 e. The van der Waals surface area contributed by atoms with Crippen LogP contribution in [0.1, 0.15) is 30.1 Å². The van der Waals surface area contributed by atoms with E-state index in [1.54, 1.807) is 10.9 Å². The number of halogens is 1. The largest absolute Gasteiger partial charge is 0.338 e. The van der Waals surface area contributed by atoms with Gasteiger partial charge in [-0.1, -0.05) is 24.6 Å². The summed E-state index contributed by atoms with van der Waals surface area (Å²) >= 11 is 6.17. The highest BCUT2D eigenvalue weighted by molar-refractivity contribution is 6.31. The molecule has 1 unspecified atom stereocenters. The van der Waals surface area contributed by atoms with Crippen molar-refractivity contribution in [2.45, 2.75) is 19.8 Å². The van der Waals surface area contributed by atoms with Gasteiger partial charge in [0.1, 0.15) is 0 Å². The molecule has 1 aliphatic rings. The molecule has 0 saturated carbocycles. The number of pyridine rings is 1. The molecule has 0 aliphatic carbocycles. The number of fused-ring (bicyclic) bond motifs is 1. The van der Waals surface area contributed by atoms with E-state index in [0.29, 0.717) is 16.5 Å². The van der Waals surface area contributed by atoms with Crippen LogP contribution < -0.4 is 0 Å². The van der Waals surface area contributed by atoms with Gasteiger partial charge in [-0.15, -0.1) is 0 Å². The number of piperidine rings is 1.